The van der Waals surface area contributed by atoms with Crippen molar-refractivity contribution in [3.63, 3.8) is 0 Å². The normalized spacial score (nSPS) is 17.6. The molecule has 0 spiro atoms. The number of aliphatic carboxylic acids is 1. The molecule has 0 aliphatic carbocycles. The second-order valence-corrected chi connectivity index (χ2v) is 7.34. The summed E-state index contributed by atoms with van der Waals surface area (Å²) < 4.78 is 1.09. The number of likely N-dealkylation sites (tertiary alicyclic amines) is 1. The van der Waals surface area contributed by atoms with E-state index in [-0.39, 0.29) is 12.0 Å². The van der Waals surface area contributed by atoms with Crippen molar-refractivity contribution in [3.8, 4) is 0 Å². The van der Waals surface area contributed by atoms with Crippen LogP contribution in [0, 0.1) is 12.8 Å². The molecule has 3 nitrogen and oxygen atoms in total. The Hall–Kier alpha value is -1.65. The van der Waals surface area contributed by atoms with Gasteiger partial charge in [-0.1, -0.05) is 64.0 Å². The van der Waals surface area contributed by atoms with Crippen LogP contribution in [0.4, 0.5) is 0 Å². The predicted octanol–water partition coefficient (Wildman–Crippen LogP) is 4.64. The Kier molecular flexibility index (Phi) is 5.36. The second kappa shape index (κ2) is 7.49. The number of hydrogen-bond acceptors (Lipinski definition) is 2. The van der Waals surface area contributed by atoms with Crippen LogP contribution in [0.5, 0.6) is 0 Å². The number of carboxylic acid groups (broad SMARTS) is 1. The van der Waals surface area contributed by atoms with Gasteiger partial charge in [0.05, 0.1) is 12.0 Å². The highest BCUT2D eigenvalue weighted by Crippen LogP contribution is 2.36. The topological polar surface area (TPSA) is 40.5 Å². The fourth-order valence-electron chi connectivity index (χ4n) is 3.53. The third kappa shape index (κ3) is 3.70. The quantitative estimate of drug-likeness (QED) is 0.830. The van der Waals surface area contributed by atoms with Crippen LogP contribution in [0.3, 0.4) is 0 Å². The molecule has 0 saturated carbocycles. The minimum Gasteiger partial charge on any atom is -0.481 e. The number of rotatable bonds is 4. The van der Waals surface area contributed by atoms with E-state index in [9.17, 15) is 9.90 Å². The summed E-state index contributed by atoms with van der Waals surface area (Å²) in [5.74, 6) is -0.874. The molecule has 2 aromatic carbocycles. The van der Waals surface area contributed by atoms with Crippen molar-refractivity contribution in [1.29, 1.82) is 0 Å². The summed E-state index contributed by atoms with van der Waals surface area (Å²) in [5.41, 5.74) is 3.73. The molecule has 0 aromatic heterocycles. The van der Waals surface area contributed by atoms with Crippen LogP contribution in [0.2, 0.25) is 0 Å². The van der Waals surface area contributed by atoms with Crippen LogP contribution in [0.25, 0.3) is 0 Å². The number of carbonyl (C=O) groups is 1. The highest BCUT2D eigenvalue weighted by Gasteiger charge is 2.30. The number of nitrogens with zero attached hydrogens (tertiary/aromatic N) is 1. The zero-order valence-electron chi connectivity index (χ0n) is 13.8. The molecule has 0 bridgehead atoms. The second-order valence-electron chi connectivity index (χ2n) is 6.49. The maximum Gasteiger partial charge on any atom is 0.306 e. The molecule has 3 rings (SSSR count). The number of halogens is 1. The Labute approximate surface area is 151 Å². The lowest BCUT2D eigenvalue weighted by molar-refractivity contribution is -0.143. The summed E-state index contributed by atoms with van der Waals surface area (Å²) in [4.78, 5) is 13.7. The number of hydrogen-bond donors (Lipinski definition) is 1. The molecular weight excluding hydrogens is 366 g/mol. The van der Waals surface area contributed by atoms with Gasteiger partial charge in [-0.15, -0.1) is 0 Å². The minimum absolute atomic E-state index is 0.148. The number of carboxylic acids is 1. The Morgan fingerprint density at radius 2 is 1.88 bits per heavy atom. The van der Waals surface area contributed by atoms with Crippen molar-refractivity contribution in [1.82, 2.24) is 4.90 Å². The van der Waals surface area contributed by atoms with Gasteiger partial charge < -0.3 is 5.11 Å². The van der Waals surface area contributed by atoms with E-state index in [1.807, 2.05) is 6.07 Å². The van der Waals surface area contributed by atoms with Crippen molar-refractivity contribution in [2.45, 2.75) is 25.8 Å². The Morgan fingerprint density at radius 3 is 2.50 bits per heavy atom. The Balaban J connectivity index is 1.95. The summed E-state index contributed by atoms with van der Waals surface area (Å²) in [6, 6.07) is 17.1. The smallest absolute Gasteiger partial charge is 0.306 e. The average Bonchev–Trinajstić information content (AvgIpc) is 2.57. The van der Waals surface area contributed by atoms with Crippen molar-refractivity contribution in [2.24, 2.45) is 5.92 Å². The Morgan fingerprint density at radius 1 is 1.17 bits per heavy atom. The van der Waals surface area contributed by atoms with E-state index in [2.05, 4.69) is 70.2 Å². The summed E-state index contributed by atoms with van der Waals surface area (Å²) in [7, 11) is 0. The molecular formula is C20H22BrNO2. The number of aryl methyl sites for hydroxylation is 1. The average molecular weight is 388 g/mol. The van der Waals surface area contributed by atoms with E-state index in [0.717, 1.165) is 17.6 Å². The molecule has 1 aliphatic rings. The van der Waals surface area contributed by atoms with Crippen LogP contribution in [-0.2, 0) is 4.79 Å². The highest BCUT2D eigenvalue weighted by atomic mass is 79.9. The molecule has 0 amide bonds. The minimum atomic E-state index is -0.664. The van der Waals surface area contributed by atoms with Gasteiger partial charge in [-0.25, -0.2) is 0 Å². The maximum atomic E-state index is 11.2. The van der Waals surface area contributed by atoms with Gasteiger partial charge in [0.25, 0.3) is 0 Å². The van der Waals surface area contributed by atoms with Gasteiger partial charge in [-0.3, -0.25) is 9.69 Å². The summed E-state index contributed by atoms with van der Waals surface area (Å²) >= 11 is 3.69. The summed E-state index contributed by atoms with van der Waals surface area (Å²) in [5, 5.41) is 9.25. The molecule has 1 unspecified atom stereocenters. The standard InChI is InChI=1S/C20H22BrNO2/c1-14-5-4-6-16(13-14)19(17-7-2-3-8-18(17)21)22-11-9-15(10-12-22)20(23)24/h2-8,13,15,19H,9-12H2,1H3,(H,23,24). The van der Waals surface area contributed by atoms with Gasteiger partial charge >= 0.3 is 5.97 Å². The van der Waals surface area contributed by atoms with Gasteiger partial charge in [-0.05, 0) is 50.0 Å². The van der Waals surface area contributed by atoms with Crippen molar-refractivity contribution in [3.05, 3.63) is 69.7 Å². The van der Waals surface area contributed by atoms with Crippen LogP contribution >= 0.6 is 15.9 Å². The lowest BCUT2D eigenvalue weighted by Gasteiger charge is -2.37. The molecule has 1 N–H and O–H groups in total. The first-order chi connectivity index (χ1) is 11.6. The molecule has 126 valence electrons. The monoisotopic (exact) mass is 387 g/mol. The first-order valence-corrected chi connectivity index (χ1v) is 9.13. The van der Waals surface area contributed by atoms with E-state index in [1.165, 1.54) is 16.7 Å². The predicted molar refractivity (Wildman–Crippen MR) is 99.1 cm³/mol. The molecule has 1 heterocycles. The molecule has 1 saturated heterocycles. The molecule has 1 atom stereocenters. The fraction of sp³-hybridized carbons (Fsp3) is 0.350. The third-order valence-corrected chi connectivity index (χ3v) is 5.52. The fourth-order valence-corrected chi connectivity index (χ4v) is 4.03. The van der Waals surface area contributed by atoms with Crippen LogP contribution in [-0.4, -0.2) is 29.1 Å². The summed E-state index contributed by atoms with van der Waals surface area (Å²) in [6.07, 6.45) is 1.42. The van der Waals surface area contributed by atoms with Crippen molar-refractivity contribution in [2.75, 3.05) is 13.1 Å². The molecule has 4 heteroatoms. The molecule has 1 aliphatic heterocycles. The largest absolute Gasteiger partial charge is 0.481 e. The van der Waals surface area contributed by atoms with Crippen LogP contribution in [0.15, 0.2) is 53.0 Å². The zero-order chi connectivity index (χ0) is 17.1. The van der Waals surface area contributed by atoms with Crippen molar-refractivity contribution < 1.29 is 9.90 Å². The van der Waals surface area contributed by atoms with Gasteiger partial charge in [0.2, 0.25) is 0 Å². The zero-order valence-corrected chi connectivity index (χ0v) is 15.4. The first-order valence-electron chi connectivity index (χ1n) is 8.34. The number of piperidine rings is 1. The Bertz CT molecular complexity index is 723. The lowest BCUT2D eigenvalue weighted by Crippen LogP contribution is -2.39. The van der Waals surface area contributed by atoms with Crippen LogP contribution in [0.1, 0.15) is 35.6 Å². The van der Waals surface area contributed by atoms with Gasteiger partial charge in [0.1, 0.15) is 0 Å². The SMILES string of the molecule is Cc1cccc(C(c2ccccc2Br)N2CCC(C(=O)O)CC2)c1. The first kappa shape index (κ1) is 17.2. The summed E-state index contributed by atoms with van der Waals surface area (Å²) in [6.45, 7) is 3.71. The van der Waals surface area contributed by atoms with Crippen molar-refractivity contribution >= 4 is 21.9 Å². The van der Waals surface area contributed by atoms with E-state index < -0.39 is 5.97 Å². The van der Waals surface area contributed by atoms with Crippen LogP contribution < -0.4 is 0 Å². The van der Waals surface area contributed by atoms with E-state index >= 15 is 0 Å². The lowest BCUT2D eigenvalue weighted by atomic mass is 9.91. The highest BCUT2D eigenvalue weighted by molar-refractivity contribution is 9.10. The van der Waals surface area contributed by atoms with Gasteiger partial charge in [0.15, 0.2) is 0 Å². The molecule has 24 heavy (non-hydrogen) atoms. The van der Waals surface area contributed by atoms with E-state index in [0.29, 0.717) is 12.8 Å². The molecule has 2 aromatic rings. The van der Waals surface area contributed by atoms with Gasteiger partial charge in [0, 0.05) is 4.47 Å². The van der Waals surface area contributed by atoms with Gasteiger partial charge in [-0.2, -0.15) is 0 Å². The molecule has 0 radical (unpaired) electrons. The van der Waals surface area contributed by atoms with E-state index in [4.69, 9.17) is 0 Å². The third-order valence-electron chi connectivity index (χ3n) is 4.80. The maximum absolute atomic E-state index is 11.2. The number of benzene rings is 2. The molecule has 1 fully saturated rings. The van der Waals surface area contributed by atoms with E-state index in [1.54, 1.807) is 0 Å².